The summed E-state index contributed by atoms with van der Waals surface area (Å²) in [5.41, 5.74) is 2.10. The molecule has 0 aromatic heterocycles. The van der Waals surface area contributed by atoms with Gasteiger partial charge in [-0.05, 0) is 44.9 Å². The lowest BCUT2D eigenvalue weighted by Crippen LogP contribution is -2.53. The Kier molecular flexibility index (Phi) is 6.06. The molecule has 1 aliphatic heterocycles. The predicted molar refractivity (Wildman–Crippen MR) is 91.2 cm³/mol. The molecule has 0 saturated carbocycles. The van der Waals surface area contributed by atoms with Crippen LogP contribution in [0.4, 0.5) is 4.79 Å². The maximum Gasteiger partial charge on any atom is 0.409 e. The SMILES string of the molecule is CCOC(=O)N1CCN(C(=O)[C@@H](C)Oc2cc(C)ccc2C)CC1. The Bertz CT molecular complexity index is 595. The largest absolute Gasteiger partial charge is 0.481 e. The molecule has 0 N–H and O–H groups in total. The Morgan fingerprint density at radius 1 is 1.12 bits per heavy atom. The van der Waals surface area contributed by atoms with E-state index >= 15 is 0 Å². The number of hydrogen-bond donors (Lipinski definition) is 0. The van der Waals surface area contributed by atoms with Gasteiger partial charge < -0.3 is 19.3 Å². The topological polar surface area (TPSA) is 59.1 Å². The second-order valence-electron chi connectivity index (χ2n) is 6.04. The molecule has 2 amide bonds. The van der Waals surface area contributed by atoms with E-state index in [1.54, 1.807) is 23.6 Å². The lowest BCUT2D eigenvalue weighted by Gasteiger charge is -2.35. The maximum atomic E-state index is 12.6. The molecule has 6 nitrogen and oxygen atoms in total. The highest BCUT2D eigenvalue weighted by Gasteiger charge is 2.28. The monoisotopic (exact) mass is 334 g/mol. The van der Waals surface area contributed by atoms with Gasteiger partial charge in [0.1, 0.15) is 5.75 Å². The highest BCUT2D eigenvalue weighted by Crippen LogP contribution is 2.21. The molecule has 0 spiro atoms. The quantitative estimate of drug-likeness (QED) is 0.848. The van der Waals surface area contributed by atoms with Crippen LogP contribution in [0.15, 0.2) is 18.2 Å². The average Bonchev–Trinajstić information content (AvgIpc) is 2.57. The van der Waals surface area contributed by atoms with Gasteiger partial charge in [0.15, 0.2) is 6.10 Å². The van der Waals surface area contributed by atoms with Gasteiger partial charge in [-0.25, -0.2) is 4.79 Å². The van der Waals surface area contributed by atoms with Gasteiger partial charge >= 0.3 is 6.09 Å². The van der Waals surface area contributed by atoms with Crippen LogP contribution in [0.2, 0.25) is 0 Å². The second kappa shape index (κ2) is 8.04. The van der Waals surface area contributed by atoms with E-state index in [9.17, 15) is 9.59 Å². The minimum atomic E-state index is -0.556. The molecule has 0 unspecified atom stereocenters. The van der Waals surface area contributed by atoms with Crippen LogP contribution in [0.3, 0.4) is 0 Å². The molecule has 24 heavy (non-hydrogen) atoms. The zero-order valence-electron chi connectivity index (χ0n) is 14.9. The first kappa shape index (κ1) is 18.1. The normalized spacial score (nSPS) is 15.8. The summed E-state index contributed by atoms with van der Waals surface area (Å²) in [5, 5.41) is 0. The molecule has 1 aromatic rings. The highest BCUT2D eigenvalue weighted by molar-refractivity contribution is 5.81. The van der Waals surface area contributed by atoms with Crippen molar-refractivity contribution in [2.75, 3.05) is 32.8 Å². The number of benzene rings is 1. The second-order valence-corrected chi connectivity index (χ2v) is 6.04. The third-order valence-electron chi connectivity index (χ3n) is 4.11. The Balaban J connectivity index is 1.90. The summed E-state index contributed by atoms with van der Waals surface area (Å²) in [6, 6.07) is 5.95. The van der Waals surface area contributed by atoms with E-state index in [0.29, 0.717) is 32.8 Å². The van der Waals surface area contributed by atoms with Crippen LogP contribution in [-0.2, 0) is 9.53 Å². The molecule has 0 bridgehead atoms. The fraction of sp³-hybridized carbons (Fsp3) is 0.556. The van der Waals surface area contributed by atoms with Gasteiger partial charge in [0.2, 0.25) is 0 Å². The zero-order valence-corrected chi connectivity index (χ0v) is 14.9. The van der Waals surface area contributed by atoms with Crippen LogP contribution in [0.5, 0.6) is 5.75 Å². The van der Waals surface area contributed by atoms with Crippen molar-refractivity contribution in [1.82, 2.24) is 9.80 Å². The van der Waals surface area contributed by atoms with Crippen molar-refractivity contribution >= 4 is 12.0 Å². The van der Waals surface area contributed by atoms with E-state index in [0.717, 1.165) is 16.9 Å². The summed E-state index contributed by atoms with van der Waals surface area (Å²) in [6.07, 6.45) is -0.871. The molecule has 132 valence electrons. The number of ether oxygens (including phenoxy) is 2. The third-order valence-corrected chi connectivity index (χ3v) is 4.11. The molecule has 6 heteroatoms. The van der Waals surface area contributed by atoms with Crippen LogP contribution in [0, 0.1) is 13.8 Å². The van der Waals surface area contributed by atoms with Crippen molar-refractivity contribution in [3.8, 4) is 5.75 Å². The molecule has 1 aromatic carbocycles. The van der Waals surface area contributed by atoms with Gasteiger partial charge in [0.25, 0.3) is 5.91 Å². The minimum absolute atomic E-state index is 0.0561. The van der Waals surface area contributed by atoms with E-state index in [1.165, 1.54) is 0 Å². The van der Waals surface area contributed by atoms with Crippen LogP contribution in [-0.4, -0.2) is 60.7 Å². The van der Waals surface area contributed by atoms with E-state index in [2.05, 4.69) is 0 Å². The minimum Gasteiger partial charge on any atom is -0.481 e. The standard InChI is InChI=1S/C18H26N2O4/c1-5-23-18(22)20-10-8-19(9-11-20)17(21)15(4)24-16-12-13(2)6-7-14(16)3/h6-7,12,15H,5,8-11H2,1-4H3/t15-/m1/s1. The van der Waals surface area contributed by atoms with Gasteiger partial charge in [-0.15, -0.1) is 0 Å². The van der Waals surface area contributed by atoms with Crippen LogP contribution < -0.4 is 4.74 Å². The molecular formula is C18H26N2O4. The van der Waals surface area contributed by atoms with Crippen molar-refractivity contribution in [1.29, 1.82) is 0 Å². The van der Waals surface area contributed by atoms with Crippen LogP contribution in [0.1, 0.15) is 25.0 Å². The number of rotatable bonds is 4. The fourth-order valence-corrected chi connectivity index (χ4v) is 2.66. The Labute approximate surface area is 143 Å². The summed E-state index contributed by atoms with van der Waals surface area (Å²) in [7, 11) is 0. The first-order chi connectivity index (χ1) is 11.4. The third kappa shape index (κ3) is 4.40. The number of aryl methyl sites for hydroxylation is 2. The maximum absolute atomic E-state index is 12.6. The summed E-state index contributed by atoms with van der Waals surface area (Å²) in [4.78, 5) is 27.6. The van der Waals surface area contributed by atoms with E-state index in [4.69, 9.17) is 9.47 Å². The van der Waals surface area contributed by atoms with Gasteiger partial charge in [0, 0.05) is 26.2 Å². The average molecular weight is 334 g/mol. The van der Waals surface area contributed by atoms with Gasteiger partial charge in [-0.1, -0.05) is 12.1 Å². The zero-order chi connectivity index (χ0) is 17.7. The van der Waals surface area contributed by atoms with Crippen molar-refractivity contribution in [2.24, 2.45) is 0 Å². The number of piperazine rings is 1. The van der Waals surface area contributed by atoms with Crippen LogP contribution in [0.25, 0.3) is 0 Å². The molecule has 0 radical (unpaired) electrons. The van der Waals surface area contributed by atoms with Crippen molar-refractivity contribution in [3.63, 3.8) is 0 Å². The molecule has 1 atom stereocenters. The van der Waals surface area contributed by atoms with Gasteiger partial charge in [0.05, 0.1) is 6.61 Å². The Hall–Kier alpha value is -2.24. The molecule has 1 fully saturated rings. The van der Waals surface area contributed by atoms with Crippen LogP contribution >= 0.6 is 0 Å². The first-order valence-electron chi connectivity index (χ1n) is 8.36. The van der Waals surface area contributed by atoms with E-state index in [-0.39, 0.29) is 12.0 Å². The number of amides is 2. The Morgan fingerprint density at radius 2 is 1.75 bits per heavy atom. The summed E-state index contributed by atoms with van der Waals surface area (Å²) in [5.74, 6) is 0.681. The molecule has 0 aliphatic carbocycles. The highest BCUT2D eigenvalue weighted by atomic mass is 16.6. The van der Waals surface area contributed by atoms with Crippen molar-refractivity contribution < 1.29 is 19.1 Å². The summed E-state index contributed by atoms with van der Waals surface area (Å²) < 4.78 is 10.8. The lowest BCUT2D eigenvalue weighted by atomic mass is 10.1. The number of carbonyl (C=O) groups excluding carboxylic acids is 2. The molecule has 2 rings (SSSR count). The number of hydrogen-bond acceptors (Lipinski definition) is 4. The van der Waals surface area contributed by atoms with E-state index < -0.39 is 6.10 Å². The number of carbonyl (C=O) groups is 2. The van der Waals surface area contributed by atoms with Crippen molar-refractivity contribution in [2.45, 2.75) is 33.8 Å². The van der Waals surface area contributed by atoms with Gasteiger partial charge in [-0.3, -0.25) is 4.79 Å². The smallest absolute Gasteiger partial charge is 0.409 e. The molecule has 1 aliphatic rings. The first-order valence-corrected chi connectivity index (χ1v) is 8.36. The summed E-state index contributed by atoms with van der Waals surface area (Å²) in [6.45, 7) is 9.83. The Morgan fingerprint density at radius 3 is 2.38 bits per heavy atom. The molecular weight excluding hydrogens is 308 g/mol. The van der Waals surface area contributed by atoms with Gasteiger partial charge in [-0.2, -0.15) is 0 Å². The summed E-state index contributed by atoms with van der Waals surface area (Å²) >= 11 is 0. The predicted octanol–water partition coefficient (Wildman–Crippen LogP) is 2.37. The number of nitrogens with zero attached hydrogens (tertiary/aromatic N) is 2. The van der Waals surface area contributed by atoms with Crippen molar-refractivity contribution in [3.05, 3.63) is 29.3 Å². The lowest BCUT2D eigenvalue weighted by molar-refractivity contribution is -0.139. The molecule has 1 saturated heterocycles. The fourth-order valence-electron chi connectivity index (χ4n) is 2.66. The molecule has 1 heterocycles. The van der Waals surface area contributed by atoms with E-state index in [1.807, 2.05) is 32.0 Å².